The normalized spacial score (nSPS) is 13.3. The van der Waals surface area contributed by atoms with Crippen LogP contribution in [0.1, 0.15) is 67.7 Å². The van der Waals surface area contributed by atoms with Crippen molar-refractivity contribution in [2.45, 2.75) is 46.2 Å². The van der Waals surface area contributed by atoms with Gasteiger partial charge >= 0.3 is 5.97 Å². The van der Waals surface area contributed by atoms with E-state index < -0.39 is 5.97 Å². The molecule has 3 aromatic heterocycles. The third-order valence-corrected chi connectivity index (χ3v) is 13.5. The molecule has 0 radical (unpaired) electrons. The zero-order valence-electron chi connectivity index (χ0n) is 41.1. The zero-order chi connectivity index (χ0) is 49.9. The van der Waals surface area contributed by atoms with Crippen LogP contribution < -0.4 is 31.3 Å². The van der Waals surface area contributed by atoms with Crippen molar-refractivity contribution >= 4 is 51.2 Å². The Morgan fingerprint density at radius 1 is 0.859 bits per heavy atom. The van der Waals surface area contributed by atoms with Gasteiger partial charge in [-0.1, -0.05) is 13.3 Å². The van der Waals surface area contributed by atoms with Gasteiger partial charge in [-0.25, -0.2) is 9.78 Å². The van der Waals surface area contributed by atoms with Crippen molar-refractivity contribution in [2.24, 2.45) is 4.99 Å². The molecule has 1 fully saturated rings. The number of aromatic nitrogens is 3. The van der Waals surface area contributed by atoms with Crippen LogP contribution in [-0.4, -0.2) is 103 Å². The number of aryl methyl sites for hydroxylation is 3. The van der Waals surface area contributed by atoms with Crippen molar-refractivity contribution in [1.29, 1.82) is 0 Å². The lowest BCUT2D eigenvalue weighted by Crippen LogP contribution is -2.44. The second kappa shape index (κ2) is 20.5. The quantitative estimate of drug-likeness (QED) is 0.0582. The highest BCUT2D eigenvalue weighted by atomic mass is 16.4. The number of carboxylic acids is 1. The molecular weight excluding hydrogens is 895 g/mol. The monoisotopic (exact) mass is 953 g/mol. The number of hydrogen-bond acceptors (Lipinski definition) is 10. The highest BCUT2D eigenvalue weighted by Gasteiger charge is 2.24. The van der Waals surface area contributed by atoms with E-state index in [1.165, 1.54) is 12.1 Å². The number of aromatic carboxylic acids is 1. The van der Waals surface area contributed by atoms with Crippen LogP contribution in [0.4, 0.5) is 11.5 Å². The highest BCUT2D eigenvalue weighted by molar-refractivity contribution is 6.10. The minimum Gasteiger partial charge on any atom is -0.478 e. The number of piperazine rings is 1. The van der Waals surface area contributed by atoms with Gasteiger partial charge in [-0.15, -0.1) is 0 Å². The number of hydrogen-bond donors (Lipinski definition) is 4. The molecule has 0 bridgehead atoms. The Balaban J connectivity index is 0.983. The number of anilines is 2. The maximum Gasteiger partial charge on any atom is 0.336 e. The predicted molar refractivity (Wildman–Crippen MR) is 280 cm³/mol. The van der Waals surface area contributed by atoms with Crippen LogP contribution in [0.3, 0.4) is 0 Å². The Morgan fingerprint density at radius 3 is 2.41 bits per heavy atom. The van der Waals surface area contributed by atoms with Crippen LogP contribution >= 0.6 is 0 Å². The fraction of sp³-hybridized carbons (Fsp3) is 0.286. The van der Waals surface area contributed by atoms with Crippen molar-refractivity contribution in [2.75, 3.05) is 70.7 Å². The molecule has 5 heterocycles. The van der Waals surface area contributed by atoms with Crippen molar-refractivity contribution < 1.29 is 23.9 Å². The number of rotatable bonds is 15. The number of nitrogens with one attached hydrogen (secondary N) is 3. The fourth-order valence-corrected chi connectivity index (χ4v) is 9.57. The second-order valence-corrected chi connectivity index (χ2v) is 18.5. The summed E-state index contributed by atoms with van der Waals surface area (Å²) in [5, 5.41) is 18.7. The van der Waals surface area contributed by atoms with Crippen LogP contribution in [0, 0.1) is 6.92 Å². The van der Waals surface area contributed by atoms with Gasteiger partial charge in [0.25, 0.3) is 17.4 Å². The molecule has 364 valence electrons. The topological polar surface area (TPSA) is 181 Å². The molecular formula is C56H59N9O6. The number of carboxylic acid groups (broad SMARTS) is 1. The van der Waals surface area contributed by atoms with E-state index in [4.69, 9.17) is 9.40 Å². The summed E-state index contributed by atoms with van der Waals surface area (Å²) in [4.78, 5) is 72.7. The summed E-state index contributed by atoms with van der Waals surface area (Å²) in [6.45, 7) is 8.55. The first kappa shape index (κ1) is 48.0. The minimum absolute atomic E-state index is 0.0509. The average Bonchev–Trinajstić information content (AvgIpc) is 3.78. The minimum atomic E-state index is -1.12. The average molecular weight is 954 g/mol. The zero-order valence-corrected chi connectivity index (χ0v) is 41.1. The molecule has 3 aromatic carbocycles. The smallest absolute Gasteiger partial charge is 0.336 e. The summed E-state index contributed by atoms with van der Waals surface area (Å²) < 4.78 is 8.49. The van der Waals surface area contributed by atoms with Gasteiger partial charge in [0.05, 0.1) is 10.9 Å². The SMILES string of the molecule is CCCc1cc(C)[nH]c(=O)c1CNC(=O)c1cc(-c2ccc(N3CCN(C)CC3)nc2)cc2c1ccn2CCCNC(=O)c1ccc(C(=O)O)c(-c2c3ccc(=NC)cc-3oc3cc(N(C)C)ccc23)c1. The first-order valence-electron chi connectivity index (χ1n) is 24.1. The Hall–Kier alpha value is -8.04. The summed E-state index contributed by atoms with van der Waals surface area (Å²) in [5.41, 5.74) is 8.59. The van der Waals surface area contributed by atoms with Crippen LogP contribution in [0.2, 0.25) is 0 Å². The molecule has 0 saturated carbocycles. The van der Waals surface area contributed by atoms with Crippen LogP contribution in [0.15, 0.2) is 118 Å². The lowest BCUT2D eigenvalue weighted by Gasteiger charge is -2.33. The van der Waals surface area contributed by atoms with E-state index in [1.54, 1.807) is 13.1 Å². The number of amides is 2. The Bertz CT molecular complexity index is 3420. The number of carbonyl (C=O) groups is 3. The number of aromatic amines is 1. The number of benzene rings is 4. The lowest BCUT2D eigenvalue weighted by molar-refractivity contribution is 0.0696. The van der Waals surface area contributed by atoms with Crippen molar-refractivity contribution in [3.05, 3.63) is 153 Å². The first-order valence-corrected chi connectivity index (χ1v) is 24.1. The Morgan fingerprint density at radius 2 is 1.68 bits per heavy atom. The number of carbonyl (C=O) groups excluding carboxylic acids is 2. The number of nitrogens with zero attached hydrogens (tertiary/aromatic N) is 6. The molecule has 15 heteroatoms. The summed E-state index contributed by atoms with van der Waals surface area (Å²) in [6, 6.07) is 27.9. The molecule has 71 heavy (non-hydrogen) atoms. The van der Waals surface area contributed by atoms with Crippen LogP contribution in [-0.2, 0) is 19.5 Å². The number of H-pyrrole nitrogens is 1. The molecule has 1 aliphatic carbocycles. The molecule has 9 rings (SSSR count). The van der Waals surface area contributed by atoms with Crippen molar-refractivity contribution in [3.8, 4) is 33.6 Å². The summed E-state index contributed by atoms with van der Waals surface area (Å²) in [5.74, 6) is -0.329. The molecule has 2 amide bonds. The molecule has 0 unspecified atom stereocenters. The standard InChI is InChI=1S/C56H59N9O6/c1-7-9-35-26-34(2)61-55(68)47(35)33-60-54(67)46-28-38(37-11-17-51(59-32-37)65-24-22-63(6)23-25-65)29-48-41(46)18-21-64(48)20-8-19-58-53(66)36-10-14-42(56(69)70)45(27-36)52-43-15-12-39(57-3)30-49(43)71-50-31-40(62(4)5)13-16-44(50)52/h10-18,21,26-32H,7-9,19-20,22-25,33H2,1-6H3,(H,58,66)(H,60,67)(H,61,68)(H,69,70). The molecule has 15 nitrogen and oxygen atoms in total. The molecule has 6 aromatic rings. The van der Waals surface area contributed by atoms with E-state index in [-0.39, 0.29) is 29.5 Å². The van der Waals surface area contributed by atoms with Gasteiger partial charge in [0.2, 0.25) is 0 Å². The number of fused-ring (bicyclic) bond motifs is 3. The maximum atomic E-state index is 14.2. The molecule has 4 N–H and O–H groups in total. The maximum absolute atomic E-state index is 14.2. The largest absolute Gasteiger partial charge is 0.478 e. The summed E-state index contributed by atoms with van der Waals surface area (Å²) >= 11 is 0. The predicted octanol–water partition coefficient (Wildman–Crippen LogP) is 7.97. The number of likely N-dealkylation sites (N-methyl/N-ethyl adjacent to an activating group) is 1. The molecule has 3 aliphatic rings. The van der Waals surface area contributed by atoms with Crippen molar-refractivity contribution in [3.63, 3.8) is 0 Å². The van der Waals surface area contributed by atoms with E-state index in [1.807, 2.05) is 105 Å². The first-order chi connectivity index (χ1) is 34.3. The van der Waals surface area contributed by atoms with E-state index in [0.29, 0.717) is 75.0 Å². The van der Waals surface area contributed by atoms with Gasteiger partial charge < -0.3 is 44.4 Å². The molecule has 0 spiro atoms. The Labute approximate surface area is 411 Å². The van der Waals surface area contributed by atoms with Gasteiger partial charge in [-0.2, -0.15) is 0 Å². The lowest BCUT2D eigenvalue weighted by atomic mass is 9.89. The molecule has 0 atom stereocenters. The molecule has 1 saturated heterocycles. The second-order valence-electron chi connectivity index (χ2n) is 18.5. The van der Waals surface area contributed by atoms with E-state index in [0.717, 1.165) is 83.8 Å². The van der Waals surface area contributed by atoms with Gasteiger partial charge in [-0.3, -0.25) is 19.4 Å². The van der Waals surface area contributed by atoms with E-state index >= 15 is 0 Å². The van der Waals surface area contributed by atoms with E-state index in [9.17, 15) is 24.3 Å². The van der Waals surface area contributed by atoms with Gasteiger partial charge in [0, 0.05) is 153 Å². The Kier molecular flexibility index (Phi) is 13.9. The van der Waals surface area contributed by atoms with Gasteiger partial charge in [0.15, 0.2) is 0 Å². The fourth-order valence-electron chi connectivity index (χ4n) is 9.57. The third-order valence-electron chi connectivity index (χ3n) is 13.5. The van der Waals surface area contributed by atoms with Gasteiger partial charge in [-0.05, 0) is 122 Å². The summed E-state index contributed by atoms with van der Waals surface area (Å²) in [6.07, 6.45) is 5.94. The van der Waals surface area contributed by atoms with Gasteiger partial charge in [0.1, 0.15) is 17.2 Å². The number of pyridine rings is 2. The van der Waals surface area contributed by atoms with E-state index in [2.05, 4.69) is 55.0 Å². The molecule has 2 aliphatic heterocycles. The van der Waals surface area contributed by atoms with Crippen molar-refractivity contribution in [1.82, 2.24) is 30.1 Å². The third kappa shape index (κ3) is 10.0. The summed E-state index contributed by atoms with van der Waals surface area (Å²) in [7, 11) is 7.69. The highest BCUT2D eigenvalue weighted by Crippen LogP contribution is 2.42. The van der Waals surface area contributed by atoms with Crippen LogP contribution in [0.25, 0.3) is 55.4 Å². The van der Waals surface area contributed by atoms with Crippen LogP contribution in [0.5, 0.6) is 0 Å².